The number of benzene rings is 2. The van der Waals surface area contributed by atoms with E-state index in [2.05, 4.69) is 39.5 Å². The van der Waals surface area contributed by atoms with E-state index in [-0.39, 0.29) is 11.6 Å². The monoisotopic (exact) mass is 467 g/mol. The molecule has 2 aromatic carbocycles. The minimum absolute atomic E-state index is 0.0268. The number of hydrogen-bond donors (Lipinski definition) is 1. The second-order valence-electron chi connectivity index (χ2n) is 7.72. The standard InChI is InChI=1S/C24H22ClN3O3S/c1-30-19-10-14-7-8-28(23(21-4-3-9-32-21)17(14)12-20(19)31-2)13-22-26-18-11-15(25)5-6-16(18)24(29)27-22/h3-6,9-12,23H,7-8,13H2,1-2H3,(H,26,27,29)/t23-/m0/s1. The van der Waals surface area contributed by atoms with Gasteiger partial charge in [0, 0.05) is 16.4 Å². The third kappa shape index (κ3) is 3.77. The van der Waals surface area contributed by atoms with Gasteiger partial charge in [-0.25, -0.2) is 4.98 Å². The van der Waals surface area contributed by atoms with Crippen molar-refractivity contribution in [3.63, 3.8) is 0 Å². The number of thiophene rings is 1. The van der Waals surface area contributed by atoms with Crippen molar-refractivity contribution in [2.45, 2.75) is 19.0 Å². The predicted octanol–water partition coefficient (Wildman–Crippen LogP) is 4.80. The van der Waals surface area contributed by atoms with Crippen LogP contribution in [0, 0.1) is 0 Å². The molecule has 0 aliphatic carbocycles. The fourth-order valence-corrected chi connectivity index (χ4v) is 5.42. The second-order valence-corrected chi connectivity index (χ2v) is 9.13. The van der Waals surface area contributed by atoms with E-state index in [0.717, 1.165) is 18.7 Å². The normalized spacial score (nSPS) is 16.2. The summed E-state index contributed by atoms with van der Waals surface area (Å²) in [6.45, 7) is 1.33. The van der Waals surface area contributed by atoms with Gasteiger partial charge in [-0.15, -0.1) is 11.3 Å². The van der Waals surface area contributed by atoms with Crippen molar-refractivity contribution in [3.8, 4) is 11.5 Å². The Morgan fingerprint density at radius 3 is 2.75 bits per heavy atom. The number of halogens is 1. The van der Waals surface area contributed by atoms with Crippen LogP contribution in [0.4, 0.5) is 0 Å². The van der Waals surface area contributed by atoms with Crippen molar-refractivity contribution in [1.82, 2.24) is 14.9 Å². The molecule has 0 saturated carbocycles. The van der Waals surface area contributed by atoms with Crippen LogP contribution in [0.2, 0.25) is 5.02 Å². The summed E-state index contributed by atoms with van der Waals surface area (Å²) >= 11 is 7.85. The Labute approximate surface area is 194 Å². The predicted molar refractivity (Wildman–Crippen MR) is 127 cm³/mol. The Morgan fingerprint density at radius 2 is 2.00 bits per heavy atom. The lowest BCUT2D eigenvalue weighted by Gasteiger charge is -2.37. The lowest BCUT2D eigenvalue weighted by atomic mass is 9.91. The fraction of sp³-hybridized carbons (Fsp3) is 0.250. The lowest BCUT2D eigenvalue weighted by Crippen LogP contribution is -2.36. The molecule has 6 nitrogen and oxygen atoms in total. The Hall–Kier alpha value is -2.87. The number of fused-ring (bicyclic) bond motifs is 2. The van der Waals surface area contributed by atoms with Gasteiger partial charge in [0.25, 0.3) is 5.56 Å². The molecule has 0 spiro atoms. The minimum atomic E-state index is -0.154. The minimum Gasteiger partial charge on any atom is -0.493 e. The summed E-state index contributed by atoms with van der Waals surface area (Å²) in [4.78, 5) is 23.9. The first kappa shape index (κ1) is 21.0. The van der Waals surface area contributed by atoms with Gasteiger partial charge in [-0.2, -0.15) is 0 Å². The van der Waals surface area contributed by atoms with E-state index in [1.807, 2.05) is 0 Å². The second kappa shape index (κ2) is 8.58. The summed E-state index contributed by atoms with van der Waals surface area (Å²) in [5.74, 6) is 2.07. The average molecular weight is 468 g/mol. The molecule has 0 radical (unpaired) electrons. The maximum absolute atomic E-state index is 12.6. The van der Waals surface area contributed by atoms with Gasteiger partial charge in [0.2, 0.25) is 0 Å². The molecule has 0 saturated heterocycles. The van der Waals surface area contributed by atoms with E-state index in [1.165, 1.54) is 16.0 Å². The fourth-order valence-electron chi connectivity index (χ4n) is 4.38. The van der Waals surface area contributed by atoms with Gasteiger partial charge in [0.1, 0.15) is 5.82 Å². The maximum Gasteiger partial charge on any atom is 0.258 e. The Morgan fingerprint density at radius 1 is 1.19 bits per heavy atom. The van der Waals surface area contributed by atoms with Crippen molar-refractivity contribution >= 4 is 33.8 Å². The summed E-state index contributed by atoms with van der Waals surface area (Å²) in [6, 6.07) is 13.5. The third-order valence-electron chi connectivity index (χ3n) is 5.86. The molecule has 1 aliphatic rings. The number of rotatable bonds is 5. The molecule has 2 aromatic heterocycles. The van der Waals surface area contributed by atoms with Crippen molar-refractivity contribution < 1.29 is 9.47 Å². The summed E-state index contributed by atoms with van der Waals surface area (Å²) in [7, 11) is 3.31. The molecule has 0 fully saturated rings. The number of hydrogen-bond acceptors (Lipinski definition) is 6. The van der Waals surface area contributed by atoms with Crippen molar-refractivity contribution in [2.75, 3.05) is 20.8 Å². The topological polar surface area (TPSA) is 67.5 Å². The third-order valence-corrected chi connectivity index (χ3v) is 7.02. The number of aromatic amines is 1. The van der Waals surface area contributed by atoms with E-state index in [4.69, 9.17) is 26.1 Å². The maximum atomic E-state index is 12.6. The molecular weight excluding hydrogens is 446 g/mol. The lowest BCUT2D eigenvalue weighted by molar-refractivity contribution is 0.201. The zero-order valence-corrected chi connectivity index (χ0v) is 19.3. The molecule has 5 rings (SSSR count). The molecule has 3 heterocycles. The molecule has 164 valence electrons. The quantitative estimate of drug-likeness (QED) is 0.456. The van der Waals surface area contributed by atoms with Crippen LogP contribution in [0.1, 0.15) is 27.9 Å². The van der Waals surface area contributed by atoms with Gasteiger partial charge in [0.15, 0.2) is 11.5 Å². The highest BCUT2D eigenvalue weighted by molar-refractivity contribution is 7.10. The van der Waals surface area contributed by atoms with Crippen LogP contribution in [0.5, 0.6) is 11.5 Å². The van der Waals surface area contributed by atoms with Crippen LogP contribution in [0.3, 0.4) is 0 Å². The van der Waals surface area contributed by atoms with Crippen LogP contribution in [0.25, 0.3) is 10.9 Å². The summed E-state index contributed by atoms with van der Waals surface area (Å²) in [6.07, 6.45) is 0.862. The van der Waals surface area contributed by atoms with E-state index in [0.29, 0.717) is 34.0 Å². The Kier molecular flexibility index (Phi) is 5.63. The molecular formula is C24H22ClN3O3S. The number of nitrogens with zero attached hydrogens (tertiary/aromatic N) is 2. The summed E-state index contributed by atoms with van der Waals surface area (Å²) in [5, 5.41) is 3.18. The van der Waals surface area contributed by atoms with Gasteiger partial charge in [-0.3, -0.25) is 9.69 Å². The van der Waals surface area contributed by atoms with Crippen LogP contribution < -0.4 is 15.0 Å². The largest absolute Gasteiger partial charge is 0.493 e. The van der Waals surface area contributed by atoms with E-state index in [9.17, 15) is 4.79 Å². The SMILES string of the molecule is COc1cc2c(cc1OC)[C@@H](c1cccs1)N(Cc1nc3cc(Cl)ccc3c(=O)[nH]1)CC2. The highest BCUT2D eigenvalue weighted by atomic mass is 35.5. The molecule has 0 unspecified atom stereocenters. The molecule has 1 N–H and O–H groups in total. The summed E-state index contributed by atoms with van der Waals surface area (Å²) < 4.78 is 11.1. The molecule has 32 heavy (non-hydrogen) atoms. The highest BCUT2D eigenvalue weighted by Crippen LogP contribution is 2.42. The van der Waals surface area contributed by atoms with Crippen LogP contribution in [0.15, 0.2) is 52.6 Å². The van der Waals surface area contributed by atoms with Gasteiger partial charge in [0.05, 0.1) is 37.7 Å². The molecule has 1 atom stereocenters. The summed E-state index contributed by atoms with van der Waals surface area (Å²) in [5.41, 5.74) is 2.87. The van der Waals surface area contributed by atoms with Crippen molar-refractivity contribution in [2.24, 2.45) is 0 Å². The van der Waals surface area contributed by atoms with Crippen molar-refractivity contribution in [1.29, 1.82) is 0 Å². The first-order valence-electron chi connectivity index (χ1n) is 10.3. The van der Waals surface area contributed by atoms with Crippen LogP contribution >= 0.6 is 22.9 Å². The molecule has 1 aliphatic heterocycles. The van der Waals surface area contributed by atoms with E-state index >= 15 is 0 Å². The smallest absolute Gasteiger partial charge is 0.258 e. The Bertz CT molecular complexity index is 1340. The van der Waals surface area contributed by atoms with Gasteiger partial charge >= 0.3 is 0 Å². The zero-order chi connectivity index (χ0) is 22.2. The first-order chi connectivity index (χ1) is 15.6. The number of H-pyrrole nitrogens is 1. The molecule has 0 bridgehead atoms. The number of aromatic nitrogens is 2. The van der Waals surface area contributed by atoms with Gasteiger partial charge < -0.3 is 14.5 Å². The Balaban J connectivity index is 1.57. The highest BCUT2D eigenvalue weighted by Gasteiger charge is 2.31. The average Bonchev–Trinajstić information content (AvgIpc) is 3.32. The van der Waals surface area contributed by atoms with E-state index in [1.54, 1.807) is 43.8 Å². The molecule has 0 amide bonds. The van der Waals surface area contributed by atoms with Crippen LogP contribution in [-0.4, -0.2) is 35.6 Å². The van der Waals surface area contributed by atoms with E-state index < -0.39 is 0 Å². The van der Waals surface area contributed by atoms with Gasteiger partial charge in [-0.05, 0) is 59.3 Å². The van der Waals surface area contributed by atoms with Gasteiger partial charge in [-0.1, -0.05) is 17.7 Å². The van der Waals surface area contributed by atoms with Crippen molar-refractivity contribution in [3.05, 3.63) is 85.0 Å². The number of nitrogens with one attached hydrogen (secondary N) is 1. The number of methoxy groups -OCH3 is 2. The van der Waals surface area contributed by atoms with Crippen LogP contribution in [-0.2, 0) is 13.0 Å². The molecule has 4 aromatic rings. The molecule has 8 heteroatoms. The zero-order valence-electron chi connectivity index (χ0n) is 17.7. The first-order valence-corrected chi connectivity index (χ1v) is 11.5. The number of ether oxygens (including phenoxy) is 2.